The summed E-state index contributed by atoms with van der Waals surface area (Å²) in [6, 6.07) is 9.07. The van der Waals surface area contributed by atoms with Gasteiger partial charge in [-0.05, 0) is 30.7 Å². The molecular formula is C14H15N3O2. The fraction of sp³-hybridized carbons (Fsp3) is 0.214. The van der Waals surface area contributed by atoms with Crippen LogP contribution in [0, 0.1) is 0 Å². The van der Waals surface area contributed by atoms with E-state index in [9.17, 15) is 4.79 Å². The largest absolute Gasteiger partial charge is 0.396 e. The van der Waals surface area contributed by atoms with Crippen molar-refractivity contribution in [1.82, 2.24) is 15.3 Å². The van der Waals surface area contributed by atoms with Gasteiger partial charge in [0.1, 0.15) is 0 Å². The summed E-state index contributed by atoms with van der Waals surface area (Å²) in [6.07, 6.45) is 3.77. The van der Waals surface area contributed by atoms with Crippen molar-refractivity contribution in [1.29, 1.82) is 0 Å². The molecule has 0 aliphatic heterocycles. The highest BCUT2D eigenvalue weighted by molar-refractivity contribution is 5.94. The van der Waals surface area contributed by atoms with E-state index in [0.29, 0.717) is 18.5 Å². The smallest absolute Gasteiger partial charge is 0.252 e. The molecule has 0 aliphatic rings. The Hall–Kier alpha value is -2.27. The van der Waals surface area contributed by atoms with Crippen LogP contribution in [0.5, 0.6) is 0 Å². The van der Waals surface area contributed by atoms with Crippen molar-refractivity contribution in [3.8, 4) is 11.4 Å². The second-order valence-electron chi connectivity index (χ2n) is 3.98. The van der Waals surface area contributed by atoms with Crippen molar-refractivity contribution in [2.24, 2.45) is 0 Å². The molecule has 0 aliphatic carbocycles. The number of hydrogen-bond donors (Lipinski definition) is 2. The quantitative estimate of drug-likeness (QED) is 0.791. The summed E-state index contributed by atoms with van der Waals surface area (Å²) in [4.78, 5) is 20.1. The van der Waals surface area contributed by atoms with E-state index in [2.05, 4.69) is 15.3 Å². The van der Waals surface area contributed by atoms with Crippen molar-refractivity contribution in [2.75, 3.05) is 13.2 Å². The Balaban J connectivity index is 2.04. The van der Waals surface area contributed by atoms with Crippen molar-refractivity contribution in [3.05, 3.63) is 48.3 Å². The molecule has 2 rings (SSSR count). The highest BCUT2D eigenvalue weighted by Crippen LogP contribution is 2.13. The number of rotatable bonds is 5. The van der Waals surface area contributed by atoms with Gasteiger partial charge in [-0.25, -0.2) is 0 Å². The topological polar surface area (TPSA) is 75.1 Å². The molecule has 0 aromatic carbocycles. The van der Waals surface area contributed by atoms with E-state index in [4.69, 9.17) is 5.11 Å². The van der Waals surface area contributed by atoms with E-state index in [0.717, 1.165) is 11.4 Å². The van der Waals surface area contributed by atoms with E-state index < -0.39 is 0 Å². The van der Waals surface area contributed by atoms with E-state index in [-0.39, 0.29) is 12.5 Å². The maximum atomic E-state index is 11.7. The van der Waals surface area contributed by atoms with Crippen LogP contribution in [-0.4, -0.2) is 34.1 Å². The van der Waals surface area contributed by atoms with Gasteiger partial charge in [-0.1, -0.05) is 6.07 Å². The first-order valence-electron chi connectivity index (χ1n) is 6.08. The van der Waals surface area contributed by atoms with Gasteiger partial charge in [0.2, 0.25) is 0 Å². The number of nitrogens with one attached hydrogen (secondary N) is 1. The highest BCUT2D eigenvalue weighted by atomic mass is 16.3. The lowest BCUT2D eigenvalue weighted by atomic mass is 10.2. The minimum absolute atomic E-state index is 0.0666. The summed E-state index contributed by atoms with van der Waals surface area (Å²) >= 11 is 0. The first kappa shape index (κ1) is 13.2. The summed E-state index contributed by atoms with van der Waals surface area (Å²) in [5, 5.41) is 11.3. The summed E-state index contributed by atoms with van der Waals surface area (Å²) in [6.45, 7) is 0.522. The van der Waals surface area contributed by atoms with Gasteiger partial charge >= 0.3 is 0 Å². The molecule has 98 valence electrons. The molecule has 0 saturated carbocycles. The third kappa shape index (κ3) is 3.59. The fourth-order valence-electron chi connectivity index (χ4n) is 1.58. The minimum Gasteiger partial charge on any atom is -0.396 e. The van der Waals surface area contributed by atoms with Crippen molar-refractivity contribution in [2.45, 2.75) is 6.42 Å². The number of amides is 1. The molecule has 19 heavy (non-hydrogen) atoms. The van der Waals surface area contributed by atoms with E-state index in [1.165, 1.54) is 6.20 Å². The molecule has 5 heteroatoms. The molecule has 0 spiro atoms. The van der Waals surface area contributed by atoms with Crippen molar-refractivity contribution in [3.63, 3.8) is 0 Å². The third-order valence-electron chi connectivity index (χ3n) is 2.57. The first-order chi connectivity index (χ1) is 9.31. The van der Waals surface area contributed by atoms with E-state index in [1.54, 1.807) is 18.3 Å². The zero-order valence-corrected chi connectivity index (χ0v) is 10.4. The summed E-state index contributed by atoms with van der Waals surface area (Å²) < 4.78 is 0. The molecule has 0 atom stereocenters. The lowest BCUT2D eigenvalue weighted by molar-refractivity contribution is 0.0951. The van der Waals surface area contributed by atoms with Crippen LogP contribution in [0.1, 0.15) is 16.8 Å². The van der Waals surface area contributed by atoms with Crippen LogP contribution in [0.4, 0.5) is 0 Å². The van der Waals surface area contributed by atoms with Gasteiger partial charge in [-0.3, -0.25) is 14.8 Å². The lowest BCUT2D eigenvalue weighted by Crippen LogP contribution is -2.25. The molecule has 0 bridgehead atoms. The number of pyridine rings is 2. The molecule has 0 fully saturated rings. The third-order valence-corrected chi connectivity index (χ3v) is 2.57. The number of aliphatic hydroxyl groups excluding tert-OH is 1. The van der Waals surface area contributed by atoms with Gasteiger partial charge in [0.25, 0.3) is 5.91 Å². The van der Waals surface area contributed by atoms with Gasteiger partial charge < -0.3 is 10.4 Å². The summed E-state index contributed by atoms with van der Waals surface area (Å²) in [5.74, 6) is -0.187. The Morgan fingerprint density at radius 1 is 1.16 bits per heavy atom. The Morgan fingerprint density at radius 3 is 2.63 bits per heavy atom. The van der Waals surface area contributed by atoms with Crippen LogP contribution in [0.2, 0.25) is 0 Å². The van der Waals surface area contributed by atoms with Gasteiger partial charge in [0.15, 0.2) is 0 Å². The Morgan fingerprint density at radius 2 is 2.00 bits per heavy atom. The maximum Gasteiger partial charge on any atom is 0.252 e. The zero-order chi connectivity index (χ0) is 13.5. The first-order valence-corrected chi connectivity index (χ1v) is 6.08. The molecule has 0 radical (unpaired) electrons. The lowest BCUT2D eigenvalue weighted by Gasteiger charge is -2.04. The molecule has 0 saturated heterocycles. The average Bonchev–Trinajstić information content (AvgIpc) is 2.48. The van der Waals surface area contributed by atoms with Gasteiger partial charge in [0.05, 0.1) is 17.0 Å². The predicted molar refractivity (Wildman–Crippen MR) is 71.5 cm³/mol. The van der Waals surface area contributed by atoms with Crippen LogP contribution in [0.25, 0.3) is 11.4 Å². The standard InChI is InChI=1S/C14H15N3O2/c18-9-3-8-16-14(19)11-5-6-13(17-10-11)12-4-1-2-7-15-12/h1-2,4-7,10,18H,3,8-9H2,(H,16,19). The number of hydrogen-bond acceptors (Lipinski definition) is 4. The van der Waals surface area contributed by atoms with Gasteiger partial charge in [-0.15, -0.1) is 0 Å². The van der Waals surface area contributed by atoms with Crippen LogP contribution < -0.4 is 5.32 Å². The summed E-state index contributed by atoms with van der Waals surface area (Å²) in [5.41, 5.74) is 2.00. The van der Waals surface area contributed by atoms with Crippen LogP contribution in [0.3, 0.4) is 0 Å². The molecule has 2 aromatic rings. The normalized spacial score (nSPS) is 10.2. The van der Waals surface area contributed by atoms with Gasteiger partial charge in [-0.2, -0.15) is 0 Å². The maximum absolute atomic E-state index is 11.7. The van der Waals surface area contributed by atoms with Crippen molar-refractivity contribution >= 4 is 5.91 Å². The second kappa shape index (κ2) is 6.61. The number of aromatic nitrogens is 2. The fourth-order valence-corrected chi connectivity index (χ4v) is 1.58. The zero-order valence-electron chi connectivity index (χ0n) is 10.4. The van der Waals surface area contributed by atoms with E-state index in [1.807, 2.05) is 18.2 Å². The molecule has 0 unspecified atom stereocenters. The number of nitrogens with zero attached hydrogens (tertiary/aromatic N) is 2. The van der Waals surface area contributed by atoms with Gasteiger partial charge in [0, 0.05) is 25.5 Å². The monoisotopic (exact) mass is 257 g/mol. The summed E-state index contributed by atoms with van der Waals surface area (Å²) in [7, 11) is 0. The SMILES string of the molecule is O=C(NCCCO)c1ccc(-c2ccccn2)nc1. The minimum atomic E-state index is -0.187. The van der Waals surface area contributed by atoms with Crippen molar-refractivity contribution < 1.29 is 9.90 Å². The molecular weight excluding hydrogens is 242 g/mol. The predicted octanol–water partition coefficient (Wildman–Crippen LogP) is 1.26. The van der Waals surface area contributed by atoms with Crippen LogP contribution in [-0.2, 0) is 0 Å². The Bertz CT molecular complexity index is 526. The highest BCUT2D eigenvalue weighted by Gasteiger charge is 2.06. The number of aliphatic hydroxyl groups is 1. The molecule has 2 heterocycles. The molecule has 5 nitrogen and oxygen atoms in total. The van der Waals surface area contributed by atoms with Crippen LogP contribution in [0.15, 0.2) is 42.7 Å². The van der Waals surface area contributed by atoms with E-state index >= 15 is 0 Å². The Labute approximate surface area is 111 Å². The van der Waals surface area contributed by atoms with Crippen LogP contribution >= 0.6 is 0 Å². The number of carbonyl (C=O) groups is 1. The average molecular weight is 257 g/mol. The molecule has 2 aromatic heterocycles. The molecule has 2 N–H and O–H groups in total. The molecule has 1 amide bonds. The Kier molecular flexibility index (Phi) is 4.58. The second-order valence-corrected chi connectivity index (χ2v) is 3.98. The number of carbonyl (C=O) groups excluding carboxylic acids is 1.